The summed E-state index contributed by atoms with van der Waals surface area (Å²) in [5.41, 5.74) is 9.28. The molecule has 106 valence electrons. The first kappa shape index (κ1) is 14.0. The molecule has 1 atom stereocenters. The van der Waals surface area contributed by atoms with Crippen molar-refractivity contribution in [1.29, 1.82) is 0 Å². The molecule has 3 nitrogen and oxygen atoms in total. The molecule has 0 aliphatic carbocycles. The van der Waals surface area contributed by atoms with Gasteiger partial charge in [0.1, 0.15) is 11.4 Å². The van der Waals surface area contributed by atoms with E-state index in [1.165, 1.54) is 5.56 Å². The average molecular weight is 262 g/mol. The van der Waals surface area contributed by atoms with Crippen LogP contribution in [0.3, 0.4) is 0 Å². The van der Waals surface area contributed by atoms with Crippen LogP contribution in [0, 0.1) is 5.41 Å². The molecular weight excluding hydrogens is 236 g/mol. The summed E-state index contributed by atoms with van der Waals surface area (Å²) >= 11 is 0. The molecule has 1 aliphatic rings. The summed E-state index contributed by atoms with van der Waals surface area (Å²) < 4.78 is 5.91. The van der Waals surface area contributed by atoms with Crippen LogP contribution in [0.15, 0.2) is 12.1 Å². The van der Waals surface area contributed by atoms with Crippen LogP contribution in [-0.2, 0) is 6.42 Å². The van der Waals surface area contributed by atoms with E-state index >= 15 is 0 Å². The van der Waals surface area contributed by atoms with Gasteiger partial charge in [-0.3, -0.25) is 0 Å². The molecule has 1 aromatic rings. The van der Waals surface area contributed by atoms with E-state index in [0.29, 0.717) is 6.04 Å². The van der Waals surface area contributed by atoms with Crippen LogP contribution in [0.4, 0.5) is 11.4 Å². The Labute approximate surface area is 116 Å². The summed E-state index contributed by atoms with van der Waals surface area (Å²) in [6.45, 7) is 12.9. The Morgan fingerprint density at radius 3 is 2.32 bits per heavy atom. The summed E-state index contributed by atoms with van der Waals surface area (Å²) in [6, 6.07) is 4.54. The highest BCUT2D eigenvalue weighted by Gasteiger charge is 2.31. The van der Waals surface area contributed by atoms with Crippen LogP contribution in [-0.4, -0.2) is 11.6 Å². The van der Waals surface area contributed by atoms with Crippen molar-refractivity contribution in [3.05, 3.63) is 17.7 Å². The van der Waals surface area contributed by atoms with Gasteiger partial charge in [0.2, 0.25) is 0 Å². The third-order valence-corrected chi connectivity index (χ3v) is 3.45. The van der Waals surface area contributed by atoms with E-state index in [0.717, 1.165) is 23.5 Å². The number of ether oxygens (including phenoxy) is 1. The normalized spacial score (nSPS) is 18.9. The zero-order chi connectivity index (χ0) is 14.4. The first-order valence-electron chi connectivity index (χ1n) is 6.94. The van der Waals surface area contributed by atoms with Crippen molar-refractivity contribution in [2.45, 2.75) is 59.6 Å². The van der Waals surface area contributed by atoms with E-state index in [4.69, 9.17) is 10.5 Å². The predicted molar refractivity (Wildman–Crippen MR) is 81.8 cm³/mol. The Morgan fingerprint density at radius 2 is 1.79 bits per heavy atom. The quantitative estimate of drug-likeness (QED) is 0.756. The number of benzene rings is 1. The third kappa shape index (κ3) is 3.14. The molecule has 0 spiro atoms. The molecule has 0 radical (unpaired) electrons. The molecule has 1 aliphatic heterocycles. The van der Waals surface area contributed by atoms with Gasteiger partial charge >= 0.3 is 0 Å². The lowest BCUT2D eigenvalue weighted by atomic mass is 9.85. The van der Waals surface area contributed by atoms with Crippen molar-refractivity contribution < 1.29 is 4.74 Å². The number of anilines is 2. The third-order valence-electron chi connectivity index (χ3n) is 3.45. The summed E-state index contributed by atoms with van der Waals surface area (Å²) in [5, 5.41) is 3.59. The van der Waals surface area contributed by atoms with Gasteiger partial charge in [-0.25, -0.2) is 0 Å². The fraction of sp³-hybridized carbons (Fsp3) is 0.625. The van der Waals surface area contributed by atoms with E-state index < -0.39 is 0 Å². The maximum Gasteiger partial charge on any atom is 0.145 e. The van der Waals surface area contributed by atoms with Crippen LogP contribution in [0.5, 0.6) is 5.75 Å². The first-order chi connectivity index (χ1) is 8.56. The van der Waals surface area contributed by atoms with Crippen molar-refractivity contribution in [3.63, 3.8) is 0 Å². The Bertz CT molecular complexity index is 481. The highest BCUT2D eigenvalue weighted by Crippen LogP contribution is 2.39. The fourth-order valence-electron chi connectivity index (χ4n) is 2.35. The van der Waals surface area contributed by atoms with E-state index in [9.17, 15) is 0 Å². The molecule has 0 saturated heterocycles. The first-order valence-corrected chi connectivity index (χ1v) is 6.94. The van der Waals surface area contributed by atoms with Gasteiger partial charge in [-0.15, -0.1) is 0 Å². The van der Waals surface area contributed by atoms with Crippen LogP contribution in [0.1, 0.15) is 47.1 Å². The van der Waals surface area contributed by atoms with Crippen molar-refractivity contribution in [2.75, 3.05) is 11.1 Å². The van der Waals surface area contributed by atoms with E-state index in [-0.39, 0.29) is 11.0 Å². The maximum absolute atomic E-state index is 6.10. The monoisotopic (exact) mass is 262 g/mol. The Balaban J connectivity index is 2.28. The summed E-state index contributed by atoms with van der Waals surface area (Å²) in [5.74, 6) is 0.772. The zero-order valence-corrected chi connectivity index (χ0v) is 12.9. The average Bonchev–Trinajstić information content (AvgIpc) is 2.58. The Kier molecular flexibility index (Phi) is 3.20. The summed E-state index contributed by atoms with van der Waals surface area (Å²) in [7, 11) is 0. The number of nitrogen functional groups attached to an aromatic ring is 1. The number of hydrogen-bond donors (Lipinski definition) is 2. The second-order valence-electron chi connectivity index (χ2n) is 7.53. The van der Waals surface area contributed by atoms with Gasteiger partial charge in [0.25, 0.3) is 0 Å². The smallest absolute Gasteiger partial charge is 0.145 e. The summed E-state index contributed by atoms with van der Waals surface area (Å²) in [4.78, 5) is 0. The van der Waals surface area contributed by atoms with Gasteiger partial charge in [0.05, 0.1) is 5.69 Å². The molecule has 3 heteroatoms. The lowest BCUT2D eigenvalue weighted by Crippen LogP contribution is -2.31. The van der Waals surface area contributed by atoms with E-state index in [1.807, 2.05) is 26.8 Å². The van der Waals surface area contributed by atoms with Crippen LogP contribution in [0.25, 0.3) is 0 Å². The maximum atomic E-state index is 6.10. The van der Waals surface area contributed by atoms with E-state index in [2.05, 4.69) is 32.2 Å². The van der Waals surface area contributed by atoms with Gasteiger partial charge in [-0.2, -0.15) is 0 Å². The van der Waals surface area contributed by atoms with Gasteiger partial charge in [0, 0.05) is 17.8 Å². The van der Waals surface area contributed by atoms with Crippen molar-refractivity contribution in [2.24, 2.45) is 5.41 Å². The van der Waals surface area contributed by atoms with Gasteiger partial charge in [-0.05, 0) is 44.2 Å². The molecule has 1 heterocycles. The number of nitrogens with one attached hydrogen (secondary N) is 1. The zero-order valence-electron chi connectivity index (χ0n) is 12.9. The highest BCUT2D eigenvalue weighted by atomic mass is 16.5. The minimum absolute atomic E-state index is 0.232. The lowest BCUT2D eigenvalue weighted by Gasteiger charge is -2.27. The Hall–Kier alpha value is -1.38. The van der Waals surface area contributed by atoms with Crippen molar-refractivity contribution >= 4 is 11.4 Å². The SMILES string of the molecule is CC(C)(C)Oc1cc2c(cc1N)CC(C(C)(C)C)N2. The van der Waals surface area contributed by atoms with Gasteiger partial charge < -0.3 is 15.8 Å². The molecule has 1 aromatic carbocycles. The van der Waals surface area contributed by atoms with Crippen LogP contribution >= 0.6 is 0 Å². The van der Waals surface area contributed by atoms with Gasteiger partial charge in [0.15, 0.2) is 0 Å². The molecule has 3 N–H and O–H groups in total. The minimum atomic E-state index is -0.232. The molecule has 2 rings (SSSR count). The molecule has 0 aromatic heterocycles. The molecule has 0 saturated carbocycles. The molecule has 1 unspecified atom stereocenters. The number of hydrogen-bond acceptors (Lipinski definition) is 3. The molecular formula is C16H26N2O. The fourth-order valence-corrected chi connectivity index (χ4v) is 2.35. The summed E-state index contributed by atoms with van der Waals surface area (Å²) in [6.07, 6.45) is 1.03. The highest BCUT2D eigenvalue weighted by molar-refractivity contribution is 5.69. The number of rotatable bonds is 1. The standard InChI is InChI=1S/C16H26N2O/c1-15(2,3)14-8-10-7-11(17)13(9-12(10)18-14)19-16(4,5)6/h7,9,14,18H,8,17H2,1-6H3. The molecule has 0 amide bonds. The van der Waals surface area contributed by atoms with Crippen LogP contribution in [0.2, 0.25) is 0 Å². The van der Waals surface area contributed by atoms with E-state index in [1.54, 1.807) is 0 Å². The predicted octanol–water partition coefficient (Wildman–Crippen LogP) is 3.83. The lowest BCUT2D eigenvalue weighted by molar-refractivity contribution is 0.132. The van der Waals surface area contributed by atoms with Crippen molar-refractivity contribution in [1.82, 2.24) is 0 Å². The largest absolute Gasteiger partial charge is 0.486 e. The number of nitrogens with two attached hydrogens (primary N) is 1. The minimum Gasteiger partial charge on any atom is -0.486 e. The topological polar surface area (TPSA) is 47.3 Å². The number of fused-ring (bicyclic) bond motifs is 1. The van der Waals surface area contributed by atoms with Crippen LogP contribution < -0.4 is 15.8 Å². The molecule has 0 bridgehead atoms. The molecule has 19 heavy (non-hydrogen) atoms. The Morgan fingerprint density at radius 1 is 1.16 bits per heavy atom. The second kappa shape index (κ2) is 4.32. The van der Waals surface area contributed by atoms with Gasteiger partial charge in [-0.1, -0.05) is 20.8 Å². The van der Waals surface area contributed by atoms with Crippen molar-refractivity contribution in [3.8, 4) is 5.75 Å². The molecule has 0 fully saturated rings. The second-order valence-corrected chi connectivity index (χ2v) is 7.53.